The van der Waals surface area contributed by atoms with Crippen molar-refractivity contribution in [3.63, 3.8) is 0 Å². The van der Waals surface area contributed by atoms with E-state index in [0.717, 1.165) is 23.5 Å². The van der Waals surface area contributed by atoms with Gasteiger partial charge in [-0.1, -0.05) is 42.5 Å². The van der Waals surface area contributed by atoms with Crippen LogP contribution in [0.15, 0.2) is 54.6 Å². The van der Waals surface area contributed by atoms with Crippen LogP contribution in [0, 0.1) is 17.8 Å². The molecule has 1 amide bonds. The minimum atomic E-state index is -0.892. The van der Waals surface area contributed by atoms with Crippen molar-refractivity contribution in [3.05, 3.63) is 66.0 Å². The second-order valence-electron chi connectivity index (χ2n) is 8.72. The third-order valence-corrected chi connectivity index (χ3v) is 6.32. The molecule has 4 rings (SSSR count). The zero-order valence-electron chi connectivity index (χ0n) is 19.1. The molecule has 2 aromatic carbocycles. The number of amides is 1. The first kappa shape index (κ1) is 23.4. The number of para-hydroxylation sites is 1. The first-order chi connectivity index (χ1) is 16.5. The molecule has 0 saturated heterocycles. The molecular formula is C25H29N5O4. The molecule has 3 atom stereocenters. The van der Waals surface area contributed by atoms with E-state index < -0.39 is 5.97 Å². The Bertz CT molecular complexity index is 1070. The average molecular weight is 464 g/mol. The number of rotatable bonds is 11. The predicted octanol–water partition coefficient (Wildman–Crippen LogP) is 3.70. The first-order valence-corrected chi connectivity index (χ1v) is 11.6. The van der Waals surface area contributed by atoms with Gasteiger partial charge >= 0.3 is 5.97 Å². The number of carboxylic acid groups (broad SMARTS) is 1. The summed E-state index contributed by atoms with van der Waals surface area (Å²) in [4.78, 5) is 26.8. The molecule has 2 N–H and O–H groups in total. The molecule has 3 unspecified atom stereocenters. The van der Waals surface area contributed by atoms with Crippen molar-refractivity contribution in [2.75, 3.05) is 6.54 Å². The highest BCUT2D eigenvalue weighted by atomic mass is 16.5. The van der Waals surface area contributed by atoms with Crippen LogP contribution < -0.4 is 4.74 Å². The number of carbonyl (C=O) groups excluding carboxylic acids is 1. The quantitative estimate of drug-likeness (QED) is 0.445. The minimum absolute atomic E-state index is 0.0158. The maximum atomic E-state index is 13.4. The van der Waals surface area contributed by atoms with Crippen molar-refractivity contribution in [3.8, 4) is 11.5 Å². The summed E-state index contributed by atoms with van der Waals surface area (Å²) in [6, 6.07) is 17.3. The Balaban J connectivity index is 1.40. The average Bonchev–Trinajstić information content (AvgIpc) is 3.35. The van der Waals surface area contributed by atoms with Gasteiger partial charge in [0, 0.05) is 31.8 Å². The largest absolute Gasteiger partial charge is 0.481 e. The maximum Gasteiger partial charge on any atom is 0.303 e. The summed E-state index contributed by atoms with van der Waals surface area (Å²) in [5.41, 5.74) is 1.000. The summed E-state index contributed by atoms with van der Waals surface area (Å²) in [5.74, 6) is 0.689. The van der Waals surface area contributed by atoms with Crippen molar-refractivity contribution in [1.29, 1.82) is 0 Å². The summed E-state index contributed by atoms with van der Waals surface area (Å²) in [6.07, 6.45) is 1.94. The fraction of sp³-hybridized carbons (Fsp3) is 0.400. The van der Waals surface area contributed by atoms with Gasteiger partial charge in [0.15, 0.2) is 5.82 Å². The Morgan fingerprint density at radius 2 is 1.85 bits per heavy atom. The van der Waals surface area contributed by atoms with Gasteiger partial charge in [0.05, 0.1) is 0 Å². The molecule has 0 bridgehead atoms. The summed E-state index contributed by atoms with van der Waals surface area (Å²) >= 11 is 0. The van der Waals surface area contributed by atoms with Crippen LogP contribution in [0.4, 0.5) is 0 Å². The highest BCUT2D eigenvalue weighted by Gasteiger charge is 2.47. The Morgan fingerprint density at radius 1 is 1.12 bits per heavy atom. The van der Waals surface area contributed by atoms with Gasteiger partial charge in [-0.3, -0.25) is 9.59 Å². The molecule has 9 heteroatoms. The molecule has 34 heavy (non-hydrogen) atoms. The zero-order valence-corrected chi connectivity index (χ0v) is 19.1. The SMILES string of the molecule is CCCN(Cc1ccc(Oc2ccccc2)cc1)C(=O)C1CC(Cc2nn[nH]n2)C1CC(=O)O. The molecule has 0 spiro atoms. The lowest BCUT2D eigenvalue weighted by Gasteiger charge is -2.44. The third kappa shape index (κ3) is 5.78. The number of aliphatic carboxylic acids is 1. The molecule has 1 saturated carbocycles. The number of carbonyl (C=O) groups is 2. The number of nitrogens with zero attached hydrogens (tertiary/aromatic N) is 4. The van der Waals surface area contributed by atoms with E-state index in [4.69, 9.17) is 4.74 Å². The van der Waals surface area contributed by atoms with E-state index in [2.05, 4.69) is 20.6 Å². The molecule has 1 heterocycles. The number of nitrogens with one attached hydrogen (secondary N) is 1. The molecule has 3 aromatic rings. The Labute approximate surface area is 198 Å². The maximum absolute atomic E-state index is 13.4. The van der Waals surface area contributed by atoms with Crippen LogP contribution >= 0.6 is 0 Å². The van der Waals surface area contributed by atoms with Crippen LogP contribution in [0.1, 0.15) is 37.6 Å². The topological polar surface area (TPSA) is 121 Å². The Kier molecular flexibility index (Phi) is 7.51. The summed E-state index contributed by atoms with van der Waals surface area (Å²) in [5, 5.41) is 23.4. The fourth-order valence-corrected chi connectivity index (χ4v) is 4.62. The molecule has 1 fully saturated rings. The lowest BCUT2D eigenvalue weighted by Crippen LogP contribution is -2.49. The van der Waals surface area contributed by atoms with Crippen LogP contribution in [-0.2, 0) is 22.6 Å². The van der Waals surface area contributed by atoms with Crippen molar-refractivity contribution >= 4 is 11.9 Å². The summed E-state index contributed by atoms with van der Waals surface area (Å²) < 4.78 is 5.85. The van der Waals surface area contributed by atoms with Gasteiger partial charge in [0.2, 0.25) is 5.91 Å². The van der Waals surface area contributed by atoms with Crippen molar-refractivity contribution in [2.45, 2.75) is 39.2 Å². The Hall–Kier alpha value is -3.75. The van der Waals surface area contributed by atoms with Crippen molar-refractivity contribution in [1.82, 2.24) is 25.5 Å². The molecule has 1 aliphatic rings. The van der Waals surface area contributed by atoms with Gasteiger partial charge in [-0.2, -0.15) is 5.21 Å². The van der Waals surface area contributed by atoms with E-state index >= 15 is 0 Å². The second kappa shape index (κ2) is 10.9. The van der Waals surface area contributed by atoms with E-state index in [-0.39, 0.29) is 30.1 Å². The lowest BCUT2D eigenvalue weighted by molar-refractivity contribution is -0.150. The molecule has 1 aliphatic carbocycles. The number of aromatic nitrogens is 4. The molecule has 0 radical (unpaired) electrons. The predicted molar refractivity (Wildman–Crippen MR) is 124 cm³/mol. The van der Waals surface area contributed by atoms with E-state index in [1.165, 1.54) is 0 Å². The van der Waals surface area contributed by atoms with Crippen LogP contribution in [0.2, 0.25) is 0 Å². The van der Waals surface area contributed by atoms with Crippen molar-refractivity contribution < 1.29 is 19.4 Å². The third-order valence-electron chi connectivity index (χ3n) is 6.32. The number of benzene rings is 2. The highest BCUT2D eigenvalue weighted by molar-refractivity contribution is 5.81. The monoisotopic (exact) mass is 463 g/mol. The number of H-pyrrole nitrogens is 1. The number of hydrogen-bond acceptors (Lipinski definition) is 6. The zero-order chi connectivity index (χ0) is 23.9. The van der Waals surface area contributed by atoms with E-state index in [9.17, 15) is 14.7 Å². The number of carboxylic acids is 1. The molecule has 1 aromatic heterocycles. The second-order valence-corrected chi connectivity index (χ2v) is 8.72. The van der Waals surface area contributed by atoms with E-state index in [0.29, 0.717) is 31.8 Å². The molecular weight excluding hydrogens is 434 g/mol. The molecule has 178 valence electrons. The van der Waals surface area contributed by atoms with Crippen LogP contribution in [0.3, 0.4) is 0 Å². The molecule has 0 aliphatic heterocycles. The smallest absolute Gasteiger partial charge is 0.303 e. The Morgan fingerprint density at radius 3 is 2.50 bits per heavy atom. The van der Waals surface area contributed by atoms with Crippen molar-refractivity contribution in [2.24, 2.45) is 17.8 Å². The molecule has 9 nitrogen and oxygen atoms in total. The number of ether oxygens (including phenoxy) is 1. The summed E-state index contributed by atoms with van der Waals surface area (Å²) in [6.45, 7) is 3.13. The van der Waals surface area contributed by atoms with Gasteiger partial charge in [-0.15, -0.1) is 10.2 Å². The van der Waals surface area contributed by atoms with Crippen LogP contribution in [-0.4, -0.2) is 49.1 Å². The van der Waals surface area contributed by atoms with Crippen LogP contribution in [0.25, 0.3) is 0 Å². The number of hydrogen-bond donors (Lipinski definition) is 2. The fourth-order valence-electron chi connectivity index (χ4n) is 4.62. The number of aromatic amines is 1. The van der Waals surface area contributed by atoms with Gasteiger partial charge in [-0.05, 0) is 54.5 Å². The first-order valence-electron chi connectivity index (χ1n) is 11.6. The van der Waals surface area contributed by atoms with Gasteiger partial charge < -0.3 is 14.7 Å². The minimum Gasteiger partial charge on any atom is -0.481 e. The van der Waals surface area contributed by atoms with Gasteiger partial charge in [0.25, 0.3) is 0 Å². The summed E-state index contributed by atoms with van der Waals surface area (Å²) in [7, 11) is 0. The highest BCUT2D eigenvalue weighted by Crippen LogP contribution is 2.45. The number of tetrazole rings is 1. The standard InChI is InChI=1S/C25H29N5O4/c1-2-12-30(16-17-8-10-20(11-9-17)34-19-6-4-3-5-7-19)25(33)22-13-18(21(22)15-24(31)32)14-23-26-28-29-27-23/h3-11,18,21-22H,2,12-16H2,1H3,(H,31,32)(H,26,27,28,29). The van der Waals surface area contributed by atoms with E-state index in [1.54, 1.807) is 0 Å². The van der Waals surface area contributed by atoms with E-state index in [1.807, 2.05) is 66.4 Å². The van der Waals surface area contributed by atoms with Gasteiger partial charge in [0.1, 0.15) is 11.5 Å². The normalized spacial score (nSPS) is 19.3. The van der Waals surface area contributed by atoms with Crippen LogP contribution in [0.5, 0.6) is 11.5 Å². The lowest BCUT2D eigenvalue weighted by atomic mass is 9.61. The van der Waals surface area contributed by atoms with Gasteiger partial charge in [-0.25, -0.2) is 0 Å².